The number of hydrogen-bond acceptors (Lipinski definition) is 7. The molecule has 5 rings (SSSR count). The Morgan fingerprint density at radius 2 is 1.88 bits per heavy atom. The van der Waals surface area contributed by atoms with Gasteiger partial charge >= 0.3 is 6.09 Å². The highest BCUT2D eigenvalue weighted by Gasteiger charge is 2.48. The molecule has 0 bridgehead atoms. The molecule has 1 amide bonds. The second kappa shape index (κ2) is 8.92. The minimum Gasteiger partial charge on any atom is -0.441 e. The molecule has 3 heterocycles. The van der Waals surface area contributed by atoms with Crippen LogP contribution in [0.4, 0.5) is 25.2 Å². The quantitative estimate of drug-likeness (QED) is 0.591. The number of ether oxygens (including phenoxy) is 1. The van der Waals surface area contributed by atoms with Gasteiger partial charge in [-0.15, -0.1) is 15.3 Å². The highest BCUT2D eigenvalue weighted by Crippen LogP contribution is 2.40. The van der Waals surface area contributed by atoms with Crippen molar-refractivity contribution in [1.82, 2.24) is 20.4 Å². The Labute approximate surface area is 195 Å². The molecule has 1 saturated heterocycles. The maximum Gasteiger partial charge on any atom is 0.416 e. The first-order valence-corrected chi connectivity index (χ1v) is 11.2. The van der Waals surface area contributed by atoms with E-state index in [0.717, 1.165) is 37.3 Å². The van der Waals surface area contributed by atoms with Crippen molar-refractivity contribution >= 4 is 17.7 Å². The molecule has 176 valence electrons. The maximum atomic E-state index is 13.6. The van der Waals surface area contributed by atoms with Crippen LogP contribution in [-0.4, -0.2) is 45.2 Å². The van der Waals surface area contributed by atoms with Gasteiger partial charge in [-0.2, -0.15) is 5.10 Å². The van der Waals surface area contributed by atoms with E-state index in [1.54, 1.807) is 23.2 Å². The van der Waals surface area contributed by atoms with E-state index >= 15 is 0 Å². The van der Waals surface area contributed by atoms with Crippen LogP contribution in [0, 0.1) is 24.5 Å². The fourth-order valence-electron chi connectivity index (χ4n) is 4.70. The van der Waals surface area contributed by atoms with E-state index in [0.29, 0.717) is 41.9 Å². The van der Waals surface area contributed by atoms with Crippen LogP contribution < -0.4 is 10.2 Å². The third-order valence-electron chi connectivity index (χ3n) is 6.51. The Morgan fingerprint density at radius 3 is 2.56 bits per heavy atom. The summed E-state index contributed by atoms with van der Waals surface area (Å²) in [5.74, 6) is 0.211. The summed E-state index contributed by atoms with van der Waals surface area (Å²) in [6.45, 7) is 3.02. The van der Waals surface area contributed by atoms with Crippen LogP contribution in [0.5, 0.6) is 0 Å². The summed E-state index contributed by atoms with van der Waals surface area (Å²) in [6, 6.07) is 8.64. The van der Waals surface area contributed by atoms with Crippen LogP contribution >= 0.6 is 0 Å². The van der Waals surface area contributed by atoms with Crippen LogP contribution in [-0.2, 0) is 4.74 Å². The maximum absolute atomic E-state index is 13.6. The number of carbonyl (C=O) groups excluding carboxylic acids is 1. The van der Waals surface area contributed by atoms with Crippen LogP contribution in [0.2, 0.25) is 0 Å². The van der Waals surface area contributed by atoms with Gasteiger partial charge in [-0.25, -0.2) is 13.6 Å². The van der Waals surface area contributed by atoms with E-state index in [4.69, 9.17) is 4.74 Å². The van der Waals surface area contributed by atoms with Crippen molar-refractivity contribution in [3.05, 3.63) is 59.8 Å². The summed E-state index contributed by atoms with van der Waals surface area (Å²) in [4.78, 5) is 14.0. The van der Waals surface area contributed by atoms with Gasteiger partial charge in [0.05, 0.1) is 12.2 Å². The molecule has 2 aromatic heterocycles. The molecule has 3 aromatic rings. The third kappa shape index (κ3) is 4.52. The van der Waals surface area contributed by atoms with Gasteiger partial charge in [0.25, 0.3) is 0 Å². The molecule has 10 heteroatoms. The lowest BCUT2D eigenvalue weighted by Crippen LogP contribution is -2.39. The largest absolute Gasteiger partial charge is 0.441 e. The second-order valence-electron chi connectivity index (χ2n) is 8.96. The first kappa shape index (κ1) is 22.1. The number of benzene rings is 1. The molecule has 34 heavy (non-hydrogen) atoms. The molecule has 1 aliphatic heterocycles. The Morgan fingerprint density at radius 1 is 1.12 bits per heavy atom. The second-order valence-corrected chi connectivity index (χ2v) is 8.96. The molecule has 0 unspecified atom stereocenters. The Hall–Kier alpha value is -3.69. The number of amides is 1. The van der Waals surface area contributed by atoms with E-state index in [2.05, 4.69) is 25.7 Å². The first-order valence-electron chi connectivity index (χ1n) is 11.2. The smallest absolute Gasteiger partial charge is 0.416 e. The number of anilines is 2. The summed E-state index contributed by atoms with van der Waals surface area (Å²) < 4.78 is 32.9. The molecule has 0 atom stereocenters. The molecule has 1 N–H and O–H groups in total. The van der Waals surface area contributed by atoms with Crippen molar-refractivity contribution in [3.63, 3.8) is 0 Å². The molecule has 1 spiro atoms. The molecular weight excluding hydrogens is 442 g/mol. The molecule has 2 fully saturated rings. The van der Waals surface area contributed by atoms with Crippen LogP contribution in [0.25, 0.3) is 11.3 Å². The SMILES string of the molecule is Cc1cc(NCC2CCC3(CC2)CN(c2cccnn2)C(=O)O3)nnc1-c1cc(F)cc(F)c1. The van der Waals surface area contributed by atoms with Gasteiger partial charge in [0, 0.05) is 24.4 Å². The third-order valence-corrected chi connectivity index (χ3v) is 6.51. The summed E-state index contributed by atoms with van der Waals surface area (Å²) in [6.07, 6.45) is 4.55. The predicted molar refractivity (Wildman–Crippen MR) is 121 cm³/mol. The molecule has 8 nitrogen and oxygen atoms in total. The topological polar surface area (TPSA) is 93.1 Å². The van der Waals surface area contributed by atoms with E-state index in [-0.39, 0.29) is 6.09 Å². The zero-order valence-electron chi connectivity index (χ0n) is 18.7. The Kier molecular flexibility index (Phi) is 5.80. The van der Waals surface area contributed by atoms with Crippen LogP contribution in [0.3, 0.4) is 0 Å². The van der Waals surface area contributed by atoms with Crippen molar-refractivity contribution in [3.8, 4) is 11.3 Å². The van der Waals surface area contributed by atoms with Gasteiger partial charge in [-0.3, -0.25) is 4.90 Å². The van der Waals surface area contributed by atoms with Crippen molar-refractivity contribution < 1.29 is 18.3 Å². The number of aryl methyl sites for hydroxylation is 1. The fraction of sp³-hybridized carbons (Fsp3) is 0.375. The molecular formula is C24H24F2N6O2. The lowest BCUT2D eigenvalue weighted by atomic mass is 9.78. The Bertz CT molecular complexity index is 1180. The zero-order chi connectivity index (χ0) is 23.7. The van der Waals surface area contributed by atoms with Crippen LogP contribution in [0.1, 0.15) is 31.2 Å². The average Bonchev–Trinajstić information content (AvgIpc) is 3.14. The lowest BCUT2D eigenvalue weighted by Gasteiger charge is -2.35. The summed E-state index contributed by atoms with van der Waals surface area (Å²) in [7, 11) is 0. The van der Waals surface area contributed by atoms with Gasteiger partial charge in [0.1, 0.15) is 23.1 Å². The standard InChI is InChI=1S/C24H24F2N6O2/c1-15-9-20(29-31-22(15)17-10-18(25)12-19(26)11-17)27-13-16-4-6-24(7-5-16)14-32(23(33)34-24)21-3-2-8-28-30-21/h2-3,8-12,16H,4-7,13-14H2,1H3,(H,27,29). The minimum atomic E-state index is -0.652. The number of nitrogens with one attached hydrogen (secondary N) is 1. The number of halogens is 2. The molecule has 1 aromatic carbocycles. The summed E-state index contributed by atoms with van der Waals surface area (Å²) in [5.41, 5.74) is 1.09. The van der Waals surface area contributed by atoms with Gasteiger partial charge in [-0.05, 0) is 74.4 Å². The van der Waals surface area contributed by atoms with Gasteiger partial charge in [0.15, 0.2) is 5.82 Å². The number of rotatable bonds is 5. The first-order chi connectivity index (χ1) is 16.4. The van der Waals surface area contributed by atoms with Gasteiger partial charge in [0.2, 0.25) is 0 Å². The average molecular weight is 466 g/mol. The summed E-state index contributed by atoms with van der Waals surface area (Å²) in [5, 5.41) is 19.6. The highest BCUT2D eigenvalue weighted by atomic mass is 19.1. The van der Waals surface area contributed by atoms with Crippen LogP contribution in [0.15, 0.2) is 42.6 Å². The monoisotopic (exact) mass is 466 g/mol. The normalized spacial score (nSPS) is 22.1. The van der Waals surface area contributed by atoms with Crippen molar-refractivity contribution in [2.24, 2.45) is 5.92 Å². The summed E-state index contributed by atoms with van der Waals surface area (Å²) >= 11 is 0. The number of carbonyl (C=O) groups is 1. The van der Waals surface area contributed by atoms with Gasteiger partial charge in [-0.1, -0.05) is 0 Å². The molecule has 1 saturated carbocycles. The predicted octanol–water partition coefficient (Wildman–Crippen LogP) is 4.52. The zero-order valence-corrected chi connectivity index (χ0v) is 18.7. The van der Waals surface area contributed by atoms with E-state index in [1.807, 2.05) is 13.0 Å². The number of aromatic nitrogens is 4. The van der Waals surface area contributed by atoms with E-state index in [1.165, 1.54) is 12.1 Å². The Balaban J connectivity index is 1.17. The van der Waals surface area contributed by atoms with E-state index in [9.17, 15) is 13.6 Å². The fourth-order valence-corrected chi connectivity index (χ4v) is 4.70. The highest BCUT2D eigenvalue weighted by molar-refractivity contribution is 5.89. The van der Waals surface area contributed by atoms with Gasteiger partial charge < -0.3 is 10.1 Å². The van der Waals surface area contributed by atoms with E-state index < -0.39 is 17.2 Å². The number of hydrogen-bond donors (Lipinski definition) is 1. The lowest BCUT2D eigenvalue weighted by molar-refractivity contribution is 0.0148. The molecule has 2 aliphatic rings. The van der Waals surface area contributed by atoms with Crippen molar-refractivity contribution in [2.75, 3.05) is 23.3 Å². The minimum absolute atomic E-state index is 0.355. The molecule has 1 aliphatic carbocycles. The molecule has 0 radical (unpaired) electrons. The van der Waals surface area contributed by atoms with Crippen molar-refractivity contribution in [2.45, 2.75) is 38.2 Å². The number of nitrogens with zero attached hydrogens (tertiary/aromatic N) is 5. The van der Waals surface area contributed by atoms with Crippen molar-refractivity contribution in [1.29, 1.82) is 0 Å².